The van der Waals surface area contributed by atoms with Crippen LogP contribution in [0.15, 0.2) is 18.2 Å². The van der Waals surface area contributed by atoms with E-state index in [1.807, 2.05) is 6.07 Å². The summed E-state index contributed by atoms with van der Waals surface area (Å²) in [7, 11) is 1.69. The number of rotatable bonds is 5. The highest BCUT2D eigenvalue weighted by Crippen LogP contribution is 2.23. The molecule has 1 rings (SSSR count). The molecule has 0 fully saturated rings. The third-order valence-corrected chi connectivity index (χ3v) is 2.72. The van der Waals surface area contributed by atoms with Gasteiger partial charge in [-0.25, -0.2) is 0 Å². The van der Waals surface area contributed by atoms with Crippen LogP contribution in [0.1, 0.15) is 43.4 Å². The zero-order valence-corrected chi connectivity index (χ0v) is 9.92. The topological polar surface area (TPSA) is 35.2 Å². The lowest BCUT2D eigenvalue weighted by Crippen LogP contribution is -2.10. The maximum Gasteiger partial charge on any atom is 0.121 e. The predicted molar refractivity (Wildman–Crippen MR) is 64.2 cm³/mol. The summed E-state index contributed by atoms with van der Waals surface area (Å²) in [6, 6.07) is 6.34. The van der Waals surface area contributed by atoms with Gasteiger partial charge < -0.3 is 10.5 Å². The Balaban J connectivity index is 2.73. The van der Waals surface area contributed by atoms with E-state index < -0.39 is 0 Å². The van der Waals surface area contributed by atoms with Crippen molar-refractivity contribution in [3.63, 3.8) is 0 Å². The highest BCUT2D eigenvalue weighted by molar-refractivity contribution is 5.37. The van der Waals surface area contributed by atoms with E-state index in [-0.39, 0.29) is 6.04 Å². The molecule has 0 saturated carbocycles. The van der Waals surface area contributed by atoms with Gasteiger partial charge in [0, 0.05) is 6.04 Å². The van der Waals surface area contributed by atoms with Crippen molar-refractivity contribution in [2.24, 2.45) is 5.73 Å². The Morgan fingerprint density at radius 2 is 2.13 bits per heavy atom. The van der Waals surface area contributed by atoms with Crippen molar-refractivity contribution >= 4 is 0 Å². The molecule has 15 heavy (non-hydrogen) atoms. The van der Waals surface area contributed by atoms with Crippen LogP contribution in [0.5, 0.6) is 5.75 Å². The Hall–Kier alpha value is -1.02. The number of ether oxygens (including phenoxy) is 1. The summed E-state index contributed by atoms with van der Waals surface area (Å²) in [5.74, 6) is 0.932. The molecule has 0 radical (unpaired) electrons. The van der Waals surface area contributed by atoms with Gasteiger partial charge >= 0.3 is 0 Å². The van der Waals surface area contributed by atoms with Crippen LogP contribution in [-0.2, 0) is 0 Å². The van der Waals surface area contributed by atoms with Gasteiger partial charge in [0.25, 0.3) is 0 Å². The normalized spacial score (nSPS) is 12.5. The Labute approximate surface area is 92.4 Å². The van der Waals surface area contributed by atoms with Gasteiger partial charge in [0.1, 0.15) is 5.75 Å². The number of hydrogen-bond donors (Lipinski definition) is 1. The lowest BCUT2D eigenvalue weighted by molar-refractivity contribution is 0.411. The molecule has 2 nitrogen and oxygen atoms in total. The molecule has 0 heterocycles. The second kappa shape index (κ2) is 5.76. The van der Waals surface area contributed by atoms with E-state index in [0.717, 1.165) is 17.7 Å². The zero-order valence-electron chi connectivity index (χ0n) is 9.92. The standard InChI is InChI=1S/C13H21NO/c1-4-5-6-12(14)11-7-8-13(15-3)10(2)9-11/h7-9,12H,4-6,14H2,1-3H3/t12-/m0/s1. The Kier molecular flexibility index (Phi) is 4.63. The summed E-state index contributed by atoms with van der Waals surface area (Å²) in [5, 5.41) is 0. The molecular formula is C13H21NO. The van der Waals surface area contributed by atoms with E-state index in [1.54, 1.807) is 7.11 Å². The number of nitrogens with two attached hydrogens (primary N) is 1. The van der Waals surface area contributed by atoms with Crippen molar-refractivity contribution in [3.8, 4) is 5.75 Å². The smallest absolute Gasteiger partial charge is 0.121 e. The van der Waals surface area contributed by atoms with Gasteiger partial charge in [-0.1, -0.05) is 31.9 Å². The molecular weight excluding hydrogens is 186 g/mol. The maximum atomic E-state index is 6.10. The van der Waals surface area contributed by atoms with Gasteiger partial charge in [0.05, 0.1) is 7.11 Å². The SMILES string of the molecule is CCCC[C@H](N)c1ccc(OC)c(C)c1. The van der Waals surface area contributed by atoms with Crippen molar-refractivity contribution in [1.29, 1.82) is 0 Å². The molecule has 0 aromatic heterocycles. The highest BCUT2D eigenvalue weighted by Gasteiger charge is 2.07. The molecule has 0 saturated heterocycles. The quantitative estimate of drug-likeness (QED) is 0.804. The lowest BCUT2D eigenvalue weighted by Gasteiger charge is -2.13. The molecule has 2 heteroatoms. The van der Waals surface area contributed by atoms with Crippen LogP contribution in [0, 0.1) is 6.92 Å². The fourth-order valence-corrected chi connectivity index (χ4v) is 1.72. The van der Waals surface area contributed by atoms with Gasteiger partial charge in [-0.3, -0.25) is 0 Å². The molecule has 0 spiro atoms. The summed E-state index contributed by atoms with van der Waals surface area (Å²) in [6.45, 7) is 4.24. The summed E-state index contributed by atoms with van der Waals surface area (Å²) in [5.41, 5.74) is 8.47. The first-order chi connectivity index (χ1) is 7.19. The van der Waals surface area contributed by atoms with Gasteiger partial charge in [-0.05, 0) is 30.5 Å². The molecule has 1 atom stereocenters. The van der Waals surface area contributed by atoms with Crippen molar-refractivity contribution in [2.45, 2.75) is 39.2 Å². The fraction of sp³-hybridized carbons (Fsp3) is 0.538. The van der Waals surface area contributed by atoms with E-state index in [4.69, 9.17) is 10.5 Å². The van der Waals surface area contributed by atoms with Gasteiger partial charge in [0.2, 0.25) is 0 Å². The molecule has 0 amide bonds. The molecule has 0 unspecified atom stereocenters. The monoisotopic (exact) mass is 207 g/mol. The van der Waals surface area contributed by atoms with Crippen LogP contribution in [0.4, 0.5) is 0 Å². The minimum absolute atomic E-state index is 0.162. The number of methoxy groups -OCH3 is 1. The maximum absolute atomic E-state index is 6.10. The molecule has 0 aliphatic rings. The molecule has 1 aromatic rings. The molecule has 1 aromatic carbocycles. The summed E-state index contributed by atoms with van der Waals surface area (Å²) < 4.78 is 5.22. The van der Waals surface area contributed by atoms with Gasteiger partial charge in [-0.15, -0.1) is 0 Å². The molecule has 84 valence electrons. The third-order valence-electron chi connectivity index (χ3n) is 2.72. The van der Waals surface area contributed by atoms with Crippen molar-refractivity contribution in [3.05, 3.63) is 29.3 Å². The average Bonchev–Trinajstić information content (AvgIpc) is 2.25. The van der Waals surface area contributed by atoms with E-state index in [1.165, 1.54) is 18.4 Å². The van der Waals surface area contributed by atoms with Gasteiger partial charge in [-0.2, -0.15) is 0 Å². The van der Waals surface area contributed by atoms with Crippen LogP contribution in [0.25, 0.3) is 0 Å². The molecule has 0 aliphatic heterocycles. The number of aryl methyl sites for hydroxylation is 1. The number of benzene rings is 1. The zero-order chi connectivity index (χ0) is 11.3. The van der Waals surface area contributed by atoms with Crippen LogP contribution < -0.4 is 10.5 Å². The minimum atomic E-state index is 0.162. The Morgan fingerprint density at radius 3 is 2.67 bits per heavy atom. The molecule has 0 bridgehead atoms. The van der Waals surface area contributed by atoms with Crippen molar-refractivity contribution in [2.75, 3.05) is 7.11 Å². The first-order valence-electron chi connectivity index (χ1n) is 5.59. The van der Waals surface area contributed by atoms with Crippen molar-refractivity contribution in [1.82, 2.24) is 0 Å². The van der Waals surface area contributed by atoms with Crippen LogP contribution in [-0.4, -0.2) is 7.11 Å². The Morgan fingerprint density at radius 1 is 1.40 bits per heavy atom. The first kappa shape index (κ1) is 12.1. The van der Waals surface area contributed by atoms with Crippen molar-refractivity contribution < 1.29 is 4.74 Å². The Bertz CT molecular complexity index is 309. The van der Waals surface area contributed by atoms with Gasteiger partial charge in [0.15, 0.2) is 0 Å². The van der Waals surface area contributed by atoms with Crippen LogP contribution in [0.2, 0.25) is 0 Å². The minimum Gasteiger partial charge on any atom is -0.496 e. The largest absolute Gasteiger partial charge is 0.496 e. The fourth-order valence-electron chi connectivity index (χ4n) is 1.72. The first-order valence-corrected chi connectivity index (χ1v) is 5.59. The van der Waals surface area contributed by atoms with E-state index in [2.05, 4.69) is 26.0 Å². The average molecular weight is 207 g/mol. The predicted octanol–water partition coefficient (Wildman–Crippen LogP) is 3.19. The van der Waals surface area contributed by atoms with E-state index in [9.17, 15) is 0 Å². The highest BCUT2D eigenvalue weighted by atomic mass is 16.5. The van der Waals surface area contributed by atoms with Crippen LogP contribution >= 0.6 is 0 Å². The second-order valence-electron chi connectivity index (χ2n) is 3.98. The summed E-state index contributed by atoms with van der Waals surface area (Å²) in [4.78, 5) is 0. The third kappa shape index (κ3) is 3.24. The van der Waals surface area contributed by atoms with E-state index in [0.29, 0.717) is 0 Å². The summed E-state index contributed by atoms with van der Waals surface area (Å²) >= 11 is 0. The second-order valence-corrected chi connectivity index (χ2v) is 3.98. The molecule has 2 N–H and O–H groups in total. The van der Waals surface area contributed by atoms with Crippen LogP contribution in [0.3, 0.4) is 0 Å². The summed E-state index contributed by atoms with van der Waals surface area (Å²) in [6.07, 6.45) is 3.44. The molecule has 0 aliphatic carbocycles. The number of hydrogen-bond acceptors (Lipinski definition) is 2. The lowest BCUT2D eigenvalue weighted by atomic mass is 10.00. The number of unbranched alkanes of at least 4 members (excludes halogenated alkanes) is 1. The van der Waals surface area contributed by atoms with E-state index >= 15 is 0 Å².